The predicted molar refractivity (Wildman–Crippen MR) is 70.4 cm³/mol. The zero-order chi connectivity index (χ0) is 13.7. The number of hydrogen-bond donors (Lipinski definition) is 0. The van der Waals surface area contributed by atoms with E-state index in [2.05, 4.69) is 0 Å². The maximum Gasteiger partial charge on any atom is 0.253 e. The third-order valence-corrected chi connectivity index (χ3v) is 8.33. The lowest BCUT2D eigenvalue weighted by molar-refractivity contribution is -0.0141. The summed E-state index contributed by atoms with van der Waals surface area (Å²) in [5.41, 5.74) is 0. The van der Waals surface area contributed by atoms with Gasteiger partial charge in [-0.1, -0.05) is 6.07 Å². The van der Waals surface area contributed by atoms with E-state index >= 15 is 0 Å². The van der Waals surface area contributed by atoms with Gasteiger partial charge in [-0.2, -0.15) is 4.31 Å². The van der Waals surface area contributed by atoms with Crippen molar-refractivity contribution in [3.05, 3.63) is 17.5 Å². The van der Waals surface area contributed by atoms with E-state index in [1.807, 2.05) is 0 Å². The lowest BCUT2D eigenvalue weighted by Crippen LogP contribution is -2.52. The number of sulfone groups is 1. The molecule has 0 radical (unpaired) electrons. The van der Waals surface area contributed by atoms with Gasteiger partial charge in [-0.15, -0.1) is 11.3 Å². The molecule has 2 unspecified atom stereocenters. The van der Waals surface area contributed by atoms with Crippen LogP contribution in [0.2, 0.25) is 0 Å². The number of rotatable bonds is 2. The molecule has 0 bridgehead atoms. The summed E-state index contributed by atoms with van der Waals surface area (Å²) in [5.74, 6) is -0.240. The molecule has 0 N–H and O–H groups in total. The smallest absolute Gasteiger partial charge is 0.253 e. The molecule has 0 aliphatic carbocycles. The second kappa shape index (κ2) is 4.52. The van der Waals surface area contributed by atoms with Crippen molar-refractivity contribution < 1.29 is 21.6 Å². The number of hydrogen-bond acceptors (Lipinski definition) is 6. The fraction of sp³-hybridized carbons (Fsp3) is 0.600. The van der Waals surface area contributed by atoms with E-state index in [4.69, 9.17) is 4.74 Å². The van der Waals surface area contributed by atoms with Crippen LogP contribution in [0.4, 0.5) is 0 Å². The first-order valence-electron chi connectivity index (χ1n) is 5.77. The number of thiophene rings is 1. The number of fused-ring (bicyclic) bond motifs is 1. The molecule has 9 heteroatoms. The monoisotopic (exact) mass is 323 g/mol. The Kier molecular flexibility index (Phi) is 3.21. The molecule has 1 aromatic rings. The largest absolute Gasteiger partial charge is 0.374 e. The summed E-state index contributed by atoms with van der Waals surface area (Å²) < 4.78 is 55.2. The van der Waals surface area contributed by atoms with Crippen LogP contribution >= 0.6 is 11.3 Å². The molecule has 1 aromatic heterocycles. The van der Waals surface area contributed by atoms with Gasteiger partial charge in [0.15, 0.2) is 9.84 Å². The van der Waals surface area contributed by atoms with Crippen LogP contribution < -0.4 is 0 Å². The van der Waals surface area contributed by atoms with Crippen molar-refractivity contribution in [3.63, 3.8) is 0 Å². The van der Waals surface area contributed by atoms with Crippen molar-refractivity contribution in [2.45, 2.75) is 16.4 Å². The molecule has 2 saturated heterocycles. The summed E-state index contributed by atoms with van der Waals surface area (Å²) in [4.78, 5) is 0. The fourth-order valence-corrected chi connectivity index (χ4v) is 7.23. The summed E-state index contributed by atoms with van der Waals surface area (Å²) in [6.07, 6.45) is -0.534. The highest BCUT2D eigenvalue weighted by Gasteiger charge is 2.48. The van der Waals surface area contributed by atoms with Gasteiger partial charge in [-0.25, -0.2) is 16.8 Å². The Morgan fingerprint density at radius 1 is 1.37 bits per heavy atom. The first-order valence-corrected chi connectivity index (χ1v) is 9.92. The molecule has 2 atom stereocenters. The van der Waals surface area contributed by atoms with Crippen LogP contribution in [-0.2, 0) is 24.6 Å². The summed E-state index contributed by atoms with van der Waals surface area (Å²) in [7, 11) is -6.83. The van der Waals surface area contributed by atoms with Gasteiger partial charge in [0.25, 0.3) is 10.0 Å². The Morgan fingerprint density at radius 2 is 2.16 bits per heavy atom. The maximum absolute atomic E-state index is 12.5. The number of morpholine rings is 1. The Hall–Kier alpha value is -0.480. The zero-order valence-corrected chi connectivity index (χ0v) is 12.4. The van der Waals surface area contributed by atoms with E-state index in [1.165, 1.54) is 10.4 Å². The molecule has 2 aliphatic heterocycles. The van der Waals surface area contributed by atoms with Gasteiger partial charge in [-0.3, -0.25) is 0 Å². The normalized spacial score (nSPS) is 31.2. The Morgan fingerprint density at radius 3 is 2.84 bits per heavy atom. The lowest BCUT2D eigenvalue weighted by atomic mass is 10.2. The van der Waals surface area contributed by atoms with Crippen LogP contribution in [0.15, 0.2) is 21.7 Å². The summed E-state index contributed by atoms with van der Waals surface area (Å²) >= 11 is 1.14. The minimum atomic E-state index is -3.62. The minimum absolute atomic E-state index is 0.0892. The van der Waals surface area contributed by atoms with Gasteiger partial charge < -0.3 is 4.74 Å². The Bertz CT molecular complexity index is 664. The molecule has 3 rings (SSSR count). The molecular formula is C10H13NO5S3. The molecule has 0 amide bonds. The second-order valence-corrected chi connectivity index (χ2v) is 9.82. The van der Waals surface area contributed by atoms with Crippen LogP contribution in [0.1, 0.15) is 0 Å². The fourth-order valence-electron chi connectivity index (χ4n) is 2.51. The molecule has 2 aliphatic rings. The van der Waals surface area contributed by atoms with E-state index in [0.29, 0.717) is 0 Å². The summed E-state index contributed by atoms with van der Waals surface area (Å²) in [6, 6.07) is 2.61. The molecule has 2 fully saturated rings. The predicted octanol–water partition coefficient (Wildman–Crippen LogP) is -0.0654. The molecule has 0 spiro atoms. The van der Waals surface area contributed by atoms with E-state index < -0.39 is 32.0 Å². The van der Waals surface area contributed by atoms with E-state index in [1.54, 1.807) is 11.4 Å². The number of sulfonamides is 1. The Labute approximate surface area is 116 Å². The highest BCUT2D eigenvalue weighted by molar-refractivity contribution is 7.92. The molecule has 106 valence electrons. The topological polar surface area (TPSA) is 80.8 Å². The number of ether oxygens (including phenoxy) is 1. The van der Waals surface area contributed by atoms with E-state index in [-0.39, 0.29) is 28.9 Å². The van der Waals surface area contributed by atoms with Crippen molar-refractivity contribution in [2.75, 3.05) is 24.7 Å². The average molecular weight is 323 g/mol. The average Bonchev–Trinajstić information content (AvgIpc) is 2.92. The first-order chi connectivity index (χ1) is 8.90. The van der Waals surface area contributed by atoms with E-state index in [9.17, 15) is 16.8 Å². The zero-order valence-electron chi connectivity index (χ0n) is 9.93. The van der Waals surface area contributed by atoms with Crippen LogP contribution in [-0.4, -0.2) is 57.9 Å². The molecule has 6 nitrogen and oxygen atoms in total. The van der Waals surface area contributed by atoms with Gasteiger partial charge in [0.05, 0.1) is 30.3 Å². The van der Waals surface area contributed by atoms with Gasteiger partial charge in [0, 0.05) is 6.54 Å². The molecule has 19 heavy (non-hydrogen) atoms. The van der Waals surface area contributed by atoms with Crippen molar-refractivity contribution >= 4 is 31.2 Å². The highest BCUT2D eigenvalue weighted by atomic mass is 32.2. The summed E-state index contributed by atoms with van der Waals surface area (Å²) in [6.45, 7) is 0.443. The second-order valence-electron chi connectivity index (χ2n) is 4.60. The van der Waals surface area contributed by atoms with Crippen LogP contribution in [0.25, 0.3) is 0 Å². The number of nitrogens with zero attached hydrogens (tertiary/aromatic N) is 1. The Balaban J connectivity index is 1.97. The van der Waals surface area contributed by atoms with Crippen molar-refractivity contribution in [1.29, 1.82) is 0 Å². The van der Waals surface area contributed by atoms with Crippen LogP contribution in [0.3, 0.4) is 0 Å². The third kappa shape index (κ3) is 2.33. The molecule has 0 aromatic carbocycles. The standard InChI is InChI=1S/C10H13NO5S3/c12-18(13)6-8-9(7-18)16-4-3-11(8)19(14,15)10-2-1-5-17-10/h1-2,5,8-9H,3-4,6-7H2. The highest BCUT2D eigenvalue weighted by Crippen LogP contribution is 2.30. The van der Waals surface area contributed by atoms with Crippen LogP contribution in [0, 0.1) is 0 Å². The minimum Gasteiger partial charge on any atom is -0.374 e. The van der Waals surface area contributed by atoms with Gasteiger partial charge in [0.1, 0.15) is 4.21 Å². The SMILES string of the molecule is O=S1(=O)CC2OCCN(S(=O)(=O)c3cccs3)C2C1. The van der Waals surface area contributed by atoms with E-state index in [0.717, 1.165) is 11.3 Å². The van der Waals surface area contributed by atoms with Crippen molar-refractivity contribution in [1.82, 2.24) is 4.31 Å². The quantitative estimate of drug-likeness (QED) is 0.761. The lowest BCUT2D eigenvalue weighted by Gasteiger charge is -2.35. The molecular weight excluding hydrogens is 310 g/mol. The van der Waals surface area contributed by atoms with Crippen molar-refractivity contribution in [2.24, 2.45) is 0 Å². The van der Waals surface area contributed by atoms with Crippen LogP contribution in [0.5, 0.6) is 0 Å². The molecule has 3 heterocycles. The maximum atomic E-state index is 12.5. The first kappa shape index (κ1) is 13.5. The molecule has 0 saturated carbocycles. The van der Waals surface area contributed by atoms with Crippen molar-refractivity contribution in [3.8, 4) is 0 Å². The van der Waals surface area contributed by atoms with Gasteiger partial charge in [0.2, 0.25) is 0 Å². The van der Waals surface area contributed by atoms with Gasteiger partial charge in [-0.05, 0) is 11.4 Å². The third-order valence-electron chi connectivity index (χ3n) is 3.34. The summed E-state index contributed by atoms with van der Waals surface area (Å²) in [5, 5.41) is 1.69. The van der Waals surface area contributed by atoms with Gasteiger partial charge >= 0.3 is 0 Å².